The van der Waals surface area contributed by atoms with Crippen molar-refractivity contribution in [3.05, 3.63) is 0 Å². The van der Waals surface area contributed by atoms with E-state index in [1.165, 1.54) is 0 Å². The Kier molecular flexibility index (Phi) is 2.69. The van der Waals surface area contributed by atoms with Crippen LogP contribution in [0, 0.1) is 0 Å². The van der Waals surface area contributed by atoms with Crippen molar-refractivity contribution in [3.63, 3.8) is 0 Å². The molecule has 7 heavy (non-hydrogen) atoms. The predicted molar refractivity (Wildman–Crippen MR) is 36.4 cm³/mol. The van der Waals surface area contributed by atoms with Crippen LogP contribution in [0.15, 0.2) is 0 Å². The van der Waals surface area contributed by atoms with Gasteiger partial charge in [-0.15, -0.1) is 0 Å². The highest BCUT2D eigenvalue weighted by Gasteiger charge is 2.07. The second kappa shape index (κ2) is 2.58. The van der Waals surface area contributed by atoms with Gasteiger partial charge in [-0.25, -0.2) is 0 Å². The van der Waals surface area contributed by atoms with Crippen molar-refractivity contribution >= 4 is 11.9 Å². The maximum Gasteiger partial charge on any atom is 0.0220 e. The second-order valence-corrected chi connectivity index (χ2v) is 4.26. The first kappa shape index (κ1) is 7.31. The summed E-state index contributed by atoms with van der Waals surface area (Å²) in [5.41, 5.74) is 0. The molecule has 0 saturated heterocycles. The smallest absolute Gasteiger partial charge is 0.0220 e. The molecule has 2 heteroatoms. The van der Waals surface area contributed by atoms with Crippen LogP contribution in [0.4, 0.5) is 0 Å². The van der Waals surface area contributed by atoms with Gasteiger partial charge in [-0.3, -0.25) is 4.72 Å². The van der Waals surface area contributed by atoms with E-state index in [9.17, 15) is 0 Å². The summed E-state index contributed by atoms with van der Waals surface area (Å²) in [5, 5.41) is 0. The van der Waals surface area contributed by atoms with Crippen molar-refractivity contribution < 1.29 is 0 Å². The summed E-state index contributed by atoms with van der Waals surface area (Å²) in [6, 6.07) is 0. The molecule has 0 atom stereocenters. The topological polar surface area (TPSA) is 12.0 Å². The van der Waals surface area contributed by atoms with E-state index in [2.05, 4.69) is 25.5 Å². The first-order valence-corrected chi connectivity index (χ1v) is 3.22. The van der Waals surface area contributed by atoms with Crippen LogP contribution in [0.1, 0.15) is 20.8 Å². The Hall–Kier alpha value is 0.310. The van der Waals surface area contributed by atoms with Crippen LogP contribution >= 0.6 is 11.9 Å². The predicted octanol–water partition coefficient (Wildman–Crippen LogP) is 1.65. The Morgan fingerprint density at radius 3 is 1.71 bits per heavy atom. The molecule has 1 N–H and O–H groups in total. The zero-order chi connectivity index (χ0) is 5.91. The molecule has 0 aliphatic heterocycles. The van der Waals surface area contributed by atoms with Crippen LogP contribution in [0.5, 0.6) is 0 Å². The third kappa shape index (κ3) is 6.31. The number of hydrogen-bond donors (Lipinski definition) is 1. The van der Waals surface area contributed by atoms with E-state index in [0.717, 1.165) is 0 Å². The molecule has 0 aliphatic rings. The number of nitrogens with one attached hydrogen (secondary N) is 1. The summed E-state index contributed by atoms with van der Waals surface area (Å²) in [6.07, 6.45) is 0. The second-order valence-electron chi connectivity index (χ2n) is 2.42. The molecule has 0 heterocycles. The van der Waals surface area contributed by atoms with Crippen molar-refractivity contribution in [2.45, 2.75) is 25.5 Å². The zero-order valence-corrected chi connectivity index (χ0v) is 6.22. The lowest BCUT2D eigenvalue weighted by atomic mass is 10.3. The fourth-order valence-corrected chi connectivity index (χ4v) is 0.919. The average Bonchev–Trinajstić information content (AvgIpc) is 1.30. The molecular formula is C5H13NS. The van der Waals surface area contributed by atoms with Gasteiger partial charge in [-0.1, -0.05) is 11.9 Å². The maximum atomic E-state index is 3.02. The molecule has 0 aliphatic carbocycles. The standard InChI is InChI=1S/C5H13NS/c1-5(2,3)7-6-4/h6H,1-4H3. The molecular weight excluding hydrogens is 106 g/mol. The quantitative estimate of drug-likeness (QED) is 0.527. The summed E-state index contributed by atoms with van der Waals surface area (Å²) in [6.45, 7) is 6.52. The number of rotatable bonds is 1. The summed E-state index contributed by atoms with van der Waals surface area (Å²) in [4.78, 5) is 0. The Morgan fingerprint density at radius 1 is 1.29 bits per heavy atom. The fourth-order valence-electron chi connectivity index (χ4n) is 0.306. The fraction of sp³-hybridized carbons (Fsp3) is 1.00. The molecule has 0 unspecified atom stereocenters. The van der Waals surface area contributed by atoms with E-state index in [-0.39, 0.29) is 0 Å². The molecule has 0 bridgehead atoms. The Labute approximate surface area is 50.0 Å². The summed E-state index contributed by atoms with van der Waals surface area (Å²) in [5.74, 6) is 0. The lowest BCUT2D eigenvalue weighted by molar-refractivity contribution is 0.797. The van der Waals surface area contributed by atoms with Gasteiger partial charge in [0.25, 0.3) is 0 Å². The van der Waals surface area contributed by atoms with Gasteiger partial charge in [-0.2, -0.15) is 0 Å². The van der Waals surface area contributed by atoms with Crippen LogP contribution < -0.4 is 4.72 Å². The first-order chi connectivity index (χ1) is 3.06. The van der Waals surface area contributed by atoms with E-state index < -0.39 is 0 Å². The third-order valence-electron chi connectivity index (χ3n) is 0.408. The number of hydrogen-bond acceptors (Lipinski definition) is 2. The van der Waals surface area contributed by atoms with Crippen molar-refractivity contribution in [1.82, 2.24) is 4.72 Å². The van der Waals surface area contributed by atoms with E-state index in [1.54, 1.807) is 11.9 Å². The van der Waals surface area contributed by atoms with Gasteiger partial charge in [0.2, 0.25) is 0 Å². The first-order valence-electron chi connectivity index (χ1n) is 2.41. The van der Waals surface area contributed by atoms with Gasteiger partial charge >= 0.3 is 0 Å². The Morgan fingerprint density at radius 2 is 1.71 bits per heavy atom. The third-order valence-corrected chi connectivity index (χ3v) is 1.22. The molecule has 0 amide bonds. The molecule has 0 saturated carbocycles. The van der Waals surface area contributed by atoms with Gasteiger partial charge in [0, 0.05) is 4.75 Å². The highest BCUT2D eigenvalue weighted by Crippen LogP contribution is 2.17. The molecule has 44 valence electrons. The largest absolute Gasteiger partial charge is 0.267 e. The van der Waals surface area contributed by atoms with Gasteiger partial charge in [0.15, 0.2) is 0 Å². The Balaban J connectivity index is 3.15. The molecule has 0 spiro atoms. The van der Waals surface area contributed by atoms with E-state index in [0.29, 0.717) is 4.75 Å². The zero-order valence-electron chi connectivity index (χ0n) is 5.41. The van der Waals surface area contributed by atoms with E-state index in [4.69, 9.17) is 0 Å². The maximum absolute atomic E-state index is 3.02. The van der Waals surface area contributed by atoms with Crippen LogP contribution in [-0.4, -0.2) is 11.8 Å². The van der Waals surface area contributed by atoms with Crippen molar-refractivity contribution in [2.75, 3.05) is 7.05 Å². The average molecular weight is 119 g/mol. The molecule has 0 radical (unpaired) electrons. The molecule has 0 rings (SSSR count). The molecule has 0 aromatic rings. The molecule has 0 aromatic carbocycles. The summed E-state index contributed by atoms with van der Waals surface area (Å²) in [7, 11) is 1.94. The SMILES string of the molecule is CNSC(C)(C)C. The normalized spacial score (nSPS) is 12.0. The van der Waals surface area contributed by atoms with Crippen molar-refractivity contribution in [3.8, 4) is 0 Å². The van der Waals surface area contributed by atoms with E-state index >= 15 is 0 Å². The van der Waals surface area contributed by atoms with Gasteiger partial charge in [0.05, 0.1) is 0 Å². The minimum Gasteiger partial charge on any atom is -0.267 e. The van der Waals surface area contributed by atoms with Crippen molar-refractivity contribution in [2.24, 2.45) is 0 Å². The van der Waals surface area contributed by atoms with Crippen LogP contribution in [0.3, 0.4) is 0 Å². The lowest BCUT2D eigenvalue weighted by Crippen LogP contribution is -2.13. The monoisotopic (exact) mass is 119 g/mol. The highest BCUT2D eigenvalue weighted by atomic mass is 32.2. The van der Waals surface area contributed by atoms with Gasteiger partial charge in [0.1, 0.15) is 0 Å². The van der Waals surface area contributed by atoms with Crippen LogP contribution in [0.25, 0.3) is 0 Å². The highest BCUT2D eigenvalue weighted by molar-refractivity contribution is 7.98. The molecule has 1 nitrogen and oxygen atoms in total. The summed E-state index contributed by atoms with van der Waals surface area (Å²) >= 11 is 1.74. The van der Waals surface area contributed by atoms with Crippen molar-refractivity contribution in [1.29, 1.82) is 0 Å². The Bertz CT molecular complexity index is 46.5. The van der Waals surface area contributed by atoms with E-state index in [1.807, 2.05) is 7.05 Å². The van der Waals surface area contributed by atoms with Crippen LogP contribution in [-0.2, 0) is 0 Å². The summed E-state index contributed by atoms with van der Waals surface area (Å²) < 4.78 is 3.38. The minimum atomic E-state index is 0.356. The van der Waals surface area contributed by atoms with Gasteiger partial charge in [-0.05, 0) is 27.8 Å². The lowest BCUT2D eigenvalue weighted by Gasteiger charge is -2.14. The van der Waals surface area contributed by atoms with Gasteiger partial charge < -0.3 is 0 Å². The minimum absolute atomic E-state index is 0.356. The molecule has 0 aromatic heterocycles. The van der Waals surface area contributed by atoms with Crippen LogP contribution in [0.2, 0.25) is 0 Å². The molecule has 0 fully saturated rings.